The zero-order valence-corrected chi connectivity index (χ0v) is 20.0. The van der Waals surface area contributed by atoms with E-state index in [9.17, 15) is 43.3 Å². The molecule has 2 aromatic rings. The predicted molar refractivity (Wildman–Crippen MR) is 131 cm³/mol. The molecule has 2 unspecified atom stereocenters. The molecular weight excluding hydrogens is 490 g/mol. The Morgan fingerprint density at radius 1 is 1.03 bits per heavy atom. The molecule has 1 saturated carbocycles. The molecule has 1 aliphatic carbocycles. The van der Waals surface area contributed by atoms with E-state index >= 15 is 0 Å². The summed E-state index contributed by atoms with van der Waals surface area (Å²) in [5, 5.41) is 42.8. The summed E-state index contributed by atoms with van der Waals surface area (Å²) in [4.78, 5) is 39.9. The number of nitrogens with one attached hydrogen (secondary N) is 2. The lowest BCUT2D eigenvalue weighted by molar-refractivity contribution is -0.122. The van der Waals surface area contributed by atoms with Crippen LogP contribution < -0.4 is 21.6 Å². The van der Waals surface area contributed by atoms with Gasteiger partial charge in [-0.25, -0.2) is 8.78 Å². The number of likely N-dealkylation sites (N-methyl/N-ethyl adjacent to an activating group) is 1. The highest BCUT2D eigenvalue weighted by Gasteiger charge is 2.38. The highest BCUT2D eigenvalue weighted by Crippen LogP contribution is 2.27. The van der Waals surface area contributed by atoms with Crippen LogP contribution >= 0.6 is 0 Å². The van der Waals surface area contributed by atoms with Crippen LogP contribution in [0, 0.1) is 11.6 Å². The Hall–Kier alpha value is -3.32. The number of benzene rings is 2. The minimum atomic E-state index is -2.12. The van der Waals surface area contributed by atoms with Crippen LogP contribution in [0.15, 0.2) is 36.4 Å². The fourth-order valence-electron chi connectivity index (χ4n) is 4.42. The van der Waals surface area contributed by atoms with E-state index in [2.05, 4.69) is 10.6 Å². The average Bonchev–Trinajstić information content (AvgIpc) is 3.30. The van der Waals surface area contributed by atoms with Crippen molar-refractivity contribution in [2.45, 2.75) is 38.3 Å². The SMILES string of the molecule is CCNC(=O)CN(C(=O)c1cc(B(O)O)ccc1F)C1CCCC1NC(=O)c1cccc(B(O)O)c1F. The maximum absolute atomic E-state index is 14.7. The second-order valence-electron chi connectivity index (χ2n) is 8.66. The molecule has 0 bridgehead atoms. The molecule has 0 spiro atoms. The monoisotopic (exact) mass is 517 g/mol. The molecule has 10 nitrogen and oxygen atoms in total. The maximum Gasteiger partial charge on any atom is 0.491 e. The molecule has 0 heterocycles. The van der Waals surface area contributed by atoms with Crippen LogP contribution in [0.1, 0.15) is 46.9 Å². The molecule has 196 valence electrons. The third-order valence-corrected chi connectivity index (χ3v) is 6.22. The third-order valence-electron chi connectivity index (χ3n) is 6.22. The van der Waals surface area contributed by atoms with E-state index in [1.165, 1.54) is 12.1 Å². The highest BCUT2D eigenvalue weighted by atomic mass is 19.1. The molecule has 0 radical (unpaired) electrons. The first-order valence-electron chi connectivity index (χ1n) is 11.7. The number of hydrogen-bond donors (Lipinski definition) is 6. The van der Waals surface area contributed by atoms with E-state index in [-0.39, 0.29) is 12.0 Å². The lowest BCUT2D eigenvalue weighted by atomic mass is 9.79. The van der Waals surface area contributed by atoms with Gasteiger partial charge in [-0.3, -0.25) is 14.4 Å². The van der Waals surface area contributed by atoms with E-state index in [1.807, 2.05) is 0 Å². The molecule has 14 heteroatoms. The minimum Gasteiger partial charge on any atom is -0.423 e. The smallest absolute Gasteiger partial charge is 0.423 e. The summed E-state index contributed by atoms with van der Waals surface area (Å²) in [5.74, 6) is -4.33. The number of nitrogens with zero attached hydrogens (tertiary/aromatic N) is 1. The Morgan fingerprint density at radius 2 is 1.76 bits per heavy atom. The molecule has 3 rings (SSSR count). The first-order valence-corrected chi connectivity index (χ1v) is 11.7. The van der Waals surface area contributed by atoms with Gasteiger partial charge >= 0.3 is 14.2 Å². The number of carbonyl (C=O) groups is 3. The van der Waals surface area contributed by atoms with Crippen LogP contribution in [-0.2, 0) is 4.79 Å². The molecule has 6 N–H and O–H groups in total. The van der Waals surface area contributed by atoms with E-state index in [0.717, 1.165) is 29.2 Å². The molecule has 0 saturated heterocycles. The van der Waals surface area contributed by atoms with Gasteiger partial charge in [-0.2, -0.15) is 0 Å². The molecule has 1 aliphatic rings. The summed E-state index contributed by atoms with van der Waals surface area (Å²) in [5.41, 5.74) is -1.53. The summed E-state index contributed by atoms with van der Waals surface area (Å²) in [7, 11) is -4.08. The molecule has 2 atom stereocenters. The van der Waals surface area contributed by atoms with Crippen molar-refractivity contribution in [3.05, 3.63) is 59.2 Å². The first-order chi connectivity index (χ1) is 17.5. The van der Waals surface area contributed by atoms with E-state index in [0.29, 0.717) is 19.3 Å². The number of carbonyl (C=O) groups excluding carboxylic acids is 3. The van der Waals surface area contributed by atoms with Crippen molar-refractivity contribution in [2.24, 2.45) is 0 Å². The largest absolute Gasteiger partial charge is 0.491 e. The fourth-order valence-corrected chi connectivity index (χ4v) is 4.42. The third kappa shape index (κ3) is 6.52. The minimum absolute atomic E-state index is 0.125. The van der Waals surface area contributed by atoms with Crippen molar-refractivity contribution in [1.82, 2.24) is 15.5 Å². The van der Waals surface area contributed by atoms with Gasteiger partial charge in [-0.05, 0) is 49.8 Å². The van der Waals surface area contributed by atoms with Gasteiger partial charge in [0.1, 0.15) is 18.2 Å². The lowest BCUT2D eigenvalue weighted by Gasteiger charge is -2.33. The van der Waals surface area contributed by atoms with Crippen LogP contribution in [0.2, 0.25) is 0 Å². The van der Waals surface area contributed by atoms with Gasteiger partial charge in [0.25, 0.3) is 11.8 Å². The van der Waals surface area contributed by atoms with Crippen molar-refractivity contribution in [3.63, 3.8) is 0 Å². The van der Waals surface area contributed by atoms with E-state index in [4.69, 9.17) is 0 Å². The summed E-state index contributed by atoms with van der Waals surface area (Å²) < 4.78 is 29.3. The molecule has 3 amide bonds. The zero-order valence-electron chi connectivity index (χ0n) is 20.0. The number of hydrogen-bond acceptors (Lipinski definition) is 7. The van der Waals surface area contributed by atoms with Crippen LogP contribution in [-0.4, -0.2) is 82.1 Å². The van der Waals surface area contributed by atoms with Gasteiger partial charge in [-0.15, -0.1) is 0 Å². The summed E-state index contributed by atoms with van der Waals surface area (Å²) in [6.45, 7) is 1.49. The Morgan fingerprint density at radius 3 is 2.41 bits per heavy atom. The lowest BCUT2D eigenvalue weighted by Crippen LogP contribution is -2.54. The van der Waals surface area contributed by atoms with Crippen molar-refractivity contribution >= 4 is 42.9 Å². The Bertz CT molecular complexity index is 1170. The topological polar surface area (TPSA) is 159 Å². The summed E-state index contributed by atoms with van der Waals surface area (Å²) >= 11 is 0. The highest BCUT2D eigenvalue weighted by molar-refractivity contribution is 6.59. The number of rotatable bonds is 9. The van der Waals surface area contributed by atoms with Crippen LogP contribution in [0.3, 0.4) is 0 Å². The van der Waals surface area contributed by atoms with Crippen LogP contribution in [0.4, 0.5) is 8.78 Å². The zero-order chi connectivity index (χ0) is 27.3. The van der Waals surface area contributed by atoms with Crippen molar-refractivity contribution < 1.29 is 43.3 Å². The normalized spacial score (nSPS) is 16.7. The Balaban J connectivity index is 1.92. The van der Waals surface area contributed by atoms with Gasteiger partial charge in [0, 0.05) is 18.0 Å². The quantitative estimate of drug-likeness (QED) is 0.216. The average molecular weight is 517 g/mol. The Kier molecular flexibility index (Phi) is 9.38. The van der Waals surface area contributed by atoms with Gasteiger partial charge in [0.15, 0.2) is 0 Å². The van der Waals surface area contributed by atoms with Gasteiger partial charge in [0.2, 0.25) is 5.91 Å². The maximum atomic E-state index is 14.7. The van der Waals surface area contributed by atoms with Crippen molar-refractivity contribution in [3.8, 4) is 0 Å². The molecule has 0 aliphatic heterocycles. The summed E-state index contributed by atoms with van der Waals surface area (Å²) in [6, 6.07) is 5.07. The molecular formula is C23H27B2F2N3O7. The van der Waals surface area contributed by atoms with Crippen LogP contribution in [0.25, 0.3) is 0 Å². The Labute approximate surface area is 212 Å². The fraction of sp³-hybridized carbons (Fsp3) is 0.348. The standard InChI is InChI=1S/C23H27B2F2N3O7/c1-2-28-20(31)12-30(23(33)15-11-13(24(34)35)9-10-17(15)26)19-8-4-7-18(19)29-22(32)14-5-3-6-16(21(14)27)25(36)37/h3,5-6,9-11,18-19,34-37H,2,4,7-8,12H2,1H3,(H,28,31)(H,29,32). The second-order valence-corrected chi connectivity index (χ2v) is 8.66. The number of halogens is 2. The van der Waals surface area contributed by atoms with Gasteiger partial charge in [-0.1, -0.05) is 18.2 Å². The van der Waals surface area contributed by atoms with Crippen molar-refractivity contribution in [1.29, 1.82) is 0 Å². The van der Waals surface area contributed by atoms with E-state index < -0.39 is 78.8 Å². The van der Waals surface area contributed by atoms with Crippen LogP contribution in [0.5, 0.6) is 0 Å². The van der Waals surface area contributed by atoms with E-state index in [1.54, 1.807) is 6.92 Å². The molecule has 1 fully saturated rings. The molecule has 2 aromatic carbocycles. The molecule has 0 aromatic heterocycles. The van der Waals surface area contributed by atoms with Gasteiger partial charge in [0.05, 0.1) is 17.2 Å². The van der Waals surface area contributed by atoms with Crippen molar-refractivity contribution in [2.75, 3.05) is 13.1 Å². The molecule has 37 heavy (non-hydrogen) atoms. The summed E-state index contributed by atoms with van der Waals surface area (Å²) in [6.07, 6.45) is 1.25. The predicted octanol–water partition coefficient (Wildman–Crippen LogP) is -1.75. The first kappa shape index (κ1) is 28.3. The second kappa shape index (κ2) is 12.3. The van der Waals surface area contributed by atoms with Gasteiger partial charge < -0.3 is 35.6 Å². The number of amides is 3.